The van der Waals surface area contributed by atoms with Gasteiger partial charge in [-0.25, -0.2) is 0 Å². The van der Waals surface area contributed by atoms with Gasteiger partial charge in [-0.15, -0.1) is 10.2 Å². The highest BCUT2D eigenvalue weighted by Gasteiger charge is 2.27. The highest BCUT2D eigenvalue weighted by atomic mass is 16.5. The fourth-order valence-corrected chi connectivity index (χ4v) is 3.74. The summed E-state index contributed by atoms with van der Waals surface area (Å²) in [6, 6.07) is 20.1. The second-order valence-electron chi connectivity index (χ2n) is 7.98. The highest BCUT2D eigenvalue weighted by Crippen LogP contribution is 2.22. The summed E-state index contributed by atoms with van der Waals surface area (Å²) in [5.74, 6) is 1.63. The molecule has 2 aromatic carbocycles. The third-order valence-electron chi connectivity index (χ3n) is 5.63. The SMILES string of the molecule is Cc1ccc(C)c(OC(C)C(=O)N2CCN(c3ccc(-c4ccccc4)nn3)CC2)c1. The van der Waals surface area contributed by atoms with E-state index in [0.29, 0.717) is 13.1 Å². The number of carbonyl (C=O) groups is 1. The number of amides is 1. The lowest BCUT2D eigenvalue weighted by molar-refractivity contribution is -0.138. The molecule has 1 aromatic heterocycles. The van der Waals surface area contributed by atoms with E-state index >= 15 is 0 Å². The van der Waals surface area contributed by atoms with Crippen LogP contribution in [0.25, 0.3) is 11.3 Å². The van der Waals surface area contributed by atoms with Crippen LogP contribution in [0, 0.1) is 13.8 Å². The molecule has 1 fully saturated rings. The fourth-order valence-electron chi connectivity index (χ4n) is 3.74. The van der Waals surface area contributed by atoms with Gasteiger partial charge in [-0.05, 0) is 50.1 Å². The maximum atomic E-state index is 12.9. The molecule has 1 saturated heterocycles. The fraction of sp³-hybridized carbons (Fsp3) is 0.320. The van der Waals surface area contributed by atoms with Crippen molar-refractivity contribution in [1.29, 1.82) is 0 Å². The smallest absolute Gasteiger partial charge is 0.263 e. The van der Waals surface area contributed by atoms with Gasteiger partial charge < -0.3 is 14.5 Å². The number of rotatable bonds is 5. The number of piperazine rings is 1. The summed E-state index contributed by atoms with van der Waals surface area (Å²) < 4.78 is 5.98. The zero-order valence-corrected chi connectivity index (χ0v) is 18.3. The average Bonchev–Trinajstić information content (AvgIpc) is 2.82. The Morgan fingerprint density at radius 1 is 0.935 bits per heavy atom. The van der Waals surface area contributed by atoms with Gasteiger partial charge in [0.2, 0.25) is 0 Å². The molecule has 3 aromatic rings. The van der Waals surface area contributed by atoms with Crippen molar-refractivity contribution in [2.45, 2.75) is 26.9 Å². The third kappa shape index (κ3) is 4.85. The predicted octanol–water partition coefficient (Wildman–Crippen LogP) is 3.88. The van der Waals surface area contributed by atoms with Crippen molar-refractivity contribution in [3.63, 3.8) is 0 Å². The Kier molecular flexibility index (Phi) is 6.16. The van der Waals surface area contributed by atoms with E-state index in [1.54, 1.807) is 0 Å². The summed E-state index contributed by atoms with van der Waals surface area (Å²) in [5.41, 5.74) is 4.06. The molecule has 1 aliphatic rings. The Hall–Kier alpha value is -3.41. The van der Waals surface area contributed by atoms with Crippen LogP contribution in [0.3, 0.4) is 0 Å². The number of anilines is 1. The van der Waals surface area contributed by atoms with E-state index in [1.807, 2.05) is 86.3 Å². The Morgan fingerprint density at radius 3 is 2.35 bits per heavy atom. The summed E-state index contributed by atoms with van der Waals surface area (Å²) in [5, 5.41) is 8.78. The van der Waals surface area contributed by atoms with E-state index in [2.05, 4.69) is 15.1 Å². The molecule has 1 aliphatic heterocycles. The average molecular weight is 417 g/mol. The van der Waals surface area contributed by atoms with Crippen LogP contribution in [0.5, 0.6) is 5.75 Å². The van der Waals surface area contributed by atoms with Gasteiger partial charge in [-0.2, -0.15) is 0 Å². The predicted molar refractivity (Wildman–Crippen MR) is 122 cm³/mol. The van der Waals surface area contributed by atoms with E-state index < -0.39 is 6.10 Å². The standard InChI is InChI=1S/C25H28N4O2/c1-18-9-10-19(2)23(17-18)31-20(3)25(30)29-15-13-28(14-16-29)24-12-11-22(26-27-24)21-7-5-4-6-8-21/h4-12,17,20H,13-16H2,1-3H3. The van der Waals surface area contributed by atoms with Gasteiger partial charge in [-0.3, -0.25) is 4.79 Å². The molecule has 4 rings (SSSR count). The van der Waals surface area contributed by atoms with Crippen molar-refractivity contribution in [1.82, 2.24) is 15.1 Å². The zero-order chi connectivity index (χ0) is 21.8. The topological polar surface area (TPSA) is 58.6 Å². The molecular formula is C25H28N4O2. The lowest BCUT2D eigenvalue weighted by atomic mass is 10.1. The van der Waals surface area contributed by atoms with Gasteiger partial charge >= 0.3 is 0 Å². The number of aromatic nitrogens is 2. The van der Waals surface area contributed by atoms with Crippen molar-refractivity contribution in [2.24, 2.45) is 0 Å². The van der Waals surface area contributed by atoms with E-state index in [4.69, 9.17) is 4.74 Å². The van der Waals surface area contributed by atoms with Gasteiger partial charge in [0.05, 0.1) is 5.69 Å². The third-order valence-corrected chi connectivity index (χ3v) is 5.63. The molecule has 0 bridgehead atoms. The molecule has 6 heteroatoms. The first kappa shape index (κ1) is 20.8. The van der Waals surface area contributed by atoms with Crippen LogP contribution >= 0.6 is 0 Å². The number of benzene rings is 2. The van der Waals surface area contributed by atoms with Crippen LogP contribution in [-0.4, -0.2) is 53.3 Å². The number of hydrogen-bond acceptors (Lipinski definition) is 5. The van der Waals surface area contributed by atoms with E-state index in [9.17, 15) is 4.79 Å². The Morgan fingerprint density at radius 2 is 1.68 bits per heavy atom. The lowest BCUT2D eigenvalue weighted by Gasteiger charge is -2.36. The lowest BCUT2D eigenvalue weighted by Crippen LogP contribution is -2.52. The van der Waals surface area contributed by atoms with Crippen LogP contribution in [0.2, 0.25) is 0 Å². The first-order chi connectivity index (χ1) is 15.0. The van der Waals surface area contributed by atoms with Crippen LogP contribution in [-0.2, 0) is 4.79 Å². The summed E-state index contributed by atoms with van der Waals surface area (Å²) >= 11 is 0. The largest absolute Gasteiger partial charge is 0.481 e. The second kappa shape index (κ2) is 9.16. The molecule has 0 N–H and O–H groups in total. The Labute approximate surface area is 183 Å². The molecule has 1 atom stereocenters. The Bertz CT molecular complexity index is 1030. The van der Waals surface area contributed by atoms with Crippen molar-refractivity contribution >= 4 is 11.7 Å². The number of ether oxygens (including phenoxy) is 1. The first-order valence-electron chi connectivity index (χ1n) is 10.7. The summed E-state index contributed by atoms with van der Waals surface area (Å²) in [6.45, 7) is 8.57. The molecule has 0 aliphatic carbocycles. The number of carbonyl (C=O) groups excluding carboxylic acids is 1. The normalized spacial score (nSPS) is 14.9. The maximum Gasteiger partial charge on any atom is 0.263 e. The highest BCUT2D eigenvalue weighted by molar-refractivity contribution is 5.81. The van der Waals surface area contributed by atoms with Gasteiger partial charge in [0.25, 0.3) is 5.91 Å². The molecule has 1 amide bonds. The minimum absolute atomic E-state index is 0.0195. The molecule has 0 saturated carbocycles. The monoisotopic (exact) mass is 416 g/mol. The van der Waals surface area contributed by atoms with Gasteiger partial charge in [-0.1, -0.05) is 42.5 Å². The molecular weight excluding hydrogens is 388 g/mol. The minimum Gasteiger partial charge on any atom is -0.481 e. The first-order valence-corrected chi connectivity index (χ1v) is 10.7. The van der Waals surface area contributed by atoms with Gasteiger partial charge in [0.15, 0.2) is 11.9 Å². The molecule has 1 unspecified atom stereocenters. The van der Waals surface area contributed by atoms with Gasteiger partial charge in [0.1, 0.15) is 5.75 Å². The number of aryl methyl sites for hydroxylation is 2. The zero-order valence-electron chi connectivity index (χ0n) is 18.3. The molecule has 0 spiro atoms. The van der Waals surface area contributed by atoms with Crippen LogP contribution < -0.4 is 9.64 Å². The molecule has 2 heterocycles. The molecule has 31 heavy (non-hydrogen) atoms. The Balaban J connectivity index is 1.33. The second-order valence-corrected chi connectivity index (χ2v) is 7.98. The summed E-state index contributed by atoms with van der Waals surface area (Å²) in [6.07, 6.45) is -0.517. The van der Waals surface area contributed by atoms with Crippen molar-refractivity contribution < 1.29 is 9.53 Å². The van der Waals surface area contributed by atoms with Crippen LogP contribution in [0.15, 0.2) is 60.7 Å². The quantitative estimate of drug-likeness (QED) is 0.632. The van der Waals surface area contributed by atoms with Gasteiger partial charge in [0, 0.05) is 31.7 Å². The molecule has 160 valence electrons. The van der Waals surface area contributed by atoms with Crippen LogP contribution in [0.1, 0.15) is 18.1 Å². The van der Waals surface area contributed by atoms with Crippen molar-refractivity contribution in [3.05, 3.63) is 71.8 Å². The van der Waals surface area contributed by atoms with E-state index in [0.717, 1.165) is 47.0 Å². The molecule has 6 nitrogen and oxygen atoms in total. The van der Waals surface area contributed by atoms with E-state index in [-0.39, 0.29) is 5.91 Å². The van der Waals surface area contributed by atoms with Crippen molar-refractivity contribution in [3.8, 4) is 17.0 Å². The summed E-state index contributed by atoms with van der Waals surface area (Å²) in [7, 11) is 0. The number of hydrogen-bond donors (Lipinski definition) is 0. The van der Waals surface area contributed by atoms with Crippen molar-refractivity contribution in [2.75, 3.05) is 31.1 Å². The maximum absolute atomic E-state index is 12.9. The summed E-state index contributed by atoms with van der Waals surface area (Å²) in [4.78, 5) is 16.9. The molecule has 0 radical (unpaired) electrons. The number of nitrogens with zero attached hydrogens (tertiary/aromatic N) is 4. The minimum atomic E-state index is -0.517. The van der Waals surface area contributed by atoms with E-state index in [1.165, 1.54) is 0 Å². The van der Waals surface area contributed by atoms with Crippen LogP contribution in [0.4, 0.5) is 5.82 Å².